The van der Waals surface area contributed by atoms with Crippen LogP contribution in [0.4, 0.5) is 0 Å². The number of ether oxygens (including phenoxy) is 1. The van der Waals surface area contributed by atoms with E-state index in [9.17, 15) is 0 Å². The van der Waals surface area contributed by atoms with Gasteiger partial charge in [-0.05, 0) is 12.2 Å². The first-order valence-electron chi connectivity index (χ1n) is 2.79. The van der Waals surface area contributed by atoms with Gasteiger partial charge in [0, 0.05) is 0 Å². The van der Waals surface area contributed by atoms with Gasteiger partial charge in [-0.3, -0.25) is 0 Å². The molecule has 1 aromatic heterocycles. The van der Waals surface area contributed by atoms with E-state index in [0.717, 1.165) is 5.69 Å². The van der Waals surface area contributed by atoms with Gasteiger partial charge < -0.3 is 9.72 Å². The molecular formula is C6H6N2O. The summed E-state index contributed by atoms with van der Waals surface area (Å²) in [6, 6.07) is 0. The minimum Gasteiger partial charge on any atom is -0.472 e. The number of hydrogen-bond acceptors (Lipinski definition) is 2. The molecule has 0 aromatic carbocycles. The van der Waals surface area contributed by atoms with Crippen molar-refractivity contribution in [2.75, 3.05) is 6.61 Å². The van der Waals surface area contributed by atoms with Crippen molar-refractivity contribution < 1.29 is 4.74 Å². The molecule has 0 amide bonds. The molecule has 0 unspecified atom stereocenters. The van der Waals surface area contributed by atoms with Crippen molar-refractivity contribution in [3.05, 3.63) is 18.1 Å². The van der Waals surface area contributed by atoms with Crippen LogP contribution in [0, 0.1) is 0 Å². The Bertz CT molecular complexity index is 239. The van der Waals surface area contributed by atoms with E-state index in [2.05, 4.69) is 9.97 Å². The van der Waals surface area contributed by atoms with E-state index < -0.39 is 0 Å². The topological polar surface area (TPSA) is 37.9 Å². The zero-order valence-electron chi connectivity index (χ0n) is 4.79. The Morgan fingerprint density at radius 1 is 1.67 bits per heavy atom. The van der Waals surface area contributed by atoms with E-state index in [0.29, 0.717) is 12.5 Å². The highest BCUT2D eigenvalue weighted by molar-refractivity contribution is 5.52. The molecule has 3 heteroatoms. The largest absolute Gasteiger partial charge is 0.472 e. The van der Waals surface area contributed by atoms with E-state index >= 15 is 0 Å². The molecule has 0 bridgehead atoms. The second-order valence-electron chi connectivity index (χ2n) is 1.83. The van der Waals surface area contributed by atoms with Crippen LogP contribution < -0.4 is 4.74 Å². The number of fused-ring (bicyclic) bond motifs is 1. The number of nitrogens with zero attached hydrogens (tertiary/aromatic N) is 1. The molecule has 0 fully saturated rings. The zero-order valence-corrected chi connectivity index (χ0v) is 4.79. The second-order valence-corrected chi connectivity index (χ2v) is 1.83. The van der Waals surface area contributed by atoms with Crippen LogP contribution in [0.5, 0.6) is 5.88 Å². The number of aromatic amines is 1. The van der Waals surface area contributed by atoms with Gasteiger partial charge in [0.1, 0.15) is 12.3 Å². The molecule has 46 valence electrons. The van der Waals surface area contributed by atoms with Crippen molar-refractivity contribution in [2.45, 2.75) is 0 Å². The van der Waals surface area contributed by atoms with Crippen molar-refractivity contribution in [3.63, 3.8) is 0 Å². The zero-order chi connectivity index (χ0) is 6.10. The lowest BCUT2D eigenvalue weighted by atomic mass is 10.3. The lowest BCUT2D eigenvalue weighted by molar-refractivity contribution is 0.346. The Kier molecular flexibility index (Phi) is 0.828. The van der Waals surface area contributed by atoms with Crippen LogP contribution in [0.25, 0.3) is 6.08 Å². The monoisotopic (exact) mass is 122 g/mol. The van der Waals surface area contributed by atoms with Crippen LogP contribution in [0.1, 0.15) is 5.69 Å². The van der Waals surface area contributed by atoms with Crippen LogP contribution in [0.15, 0.2) is 12.4 Å². The molecular weight excluding hydrogens is 116 g/mol. The Hall–Kier alpha value is -1.25. The van der Waals surface area contributed by atoms with Crippen LogP contribution in [-0.4, -0.2) is 16.6 Å². The van der Waals surface area contributed by atoms with E-state index in [1.165, 1.54) is 0 Å². The average Bonchev–Trinajstić information content (AvgIpc) is 2.33. The normalized spacial score (nSPS) is 14.7. The SMILES string of the molecule is C1=Cc2[nH]cnc2OC1. The van der Waals surface area contributed by atoms with Crippen molar-refractivity contribution in [2.24, 2.45) is 0 Å². The van der Waals surface area contributed by atoms with E-state index in [4.69, 9.17) is 4.74 Å². The summed E-state index contributed by atoms with van der Waals surface area (Å²) in [4.78, 5) is 6.86. The summed E-state index contributed by atoms with van der Waals surface area (Å²) in [6.45, 7) is 0.637. The molecule has 1 aliphatic heterocycles. The van der Waals surface area contributed by atoms with Gasteiger partial charge >= 0.3 is 0 Å². The third kappa shape index (κ3) is 0.614. The number of hydrogen-bond donors (Lipinski definition) is 1. The van der Waals surface area contributed by atoms with Crippen molar-refractivity contribution in [1.29, 1.82) is 0 Å². The molecule has 1 aromatic rings. The van der Waals surface area contributed by atoms with Gasteiger partial charge in [-0.25, -0.2) is 4.98 Å². The minimum absolute atomic E-state index is 0.637. The molecule has 0 spiro atoms. The molecule has 0 radical (unpaired) electrons. The Balaban J connectivity index is 2.53. The predicted octanol–water partition coefficient (Wildman–Crippen LogP) is 0.815. The Labute approximate surface area is 52.4 Å². The van der Waals surface area contributed by atoms with Crippen LogP contribution in [-0.2, 0) is 0 Å². The Morgan fingerprint density at radius 2 is 2.67 bits per heavy atom. The van der Waals surface area contributed by atoms with Gasteiger partial charge in [0.05, 0.1) is 6.33 Å². The van der Waals surface area contributed by atoms with Crippen molar-refractivity contribution in [1.82, 2.24) is 9.97 Å². The fourth-order valence-electron chi connectivity index (χ4n) is 0.819. The highest BCUT2D eigenvalue weighted by Crippen LogP contribution is 2.16. The molecule has 2 heterocycles. The third-order valence-electron chi connectivity index (χ3n) is 1.23. The highest BCUT2D eigenvalue weighted by Gasteiger charge is 2.05. The molecule has 1 N–H and O–H groups in total. The maximum absolute atomic E-state index is 5.13. The first-order valence-corrected chi connectivity index (χ1v) is 2.79. The molecule has 9 heavy (non-hydrogen) atoms. The molecule has 0 saturated carbocycles. The number of H-pyrrole nitrogens is 1. The van der Waals surface area contributed by atoms with E-state index in [-0.39, 0.29) is 0 Å². The first kappa shape index (κ1) is 4.61. The smallest absolute Gasteiger partial charge is 0.239 e. The highest BCUT2D eigenvalue weighted by atomic mass is 16.5. The molecule has 1 aliphatic rings. The summed E-state index contributed by atoms with van der Waals surface area (Å²) < 4.78 is 5.13. The molecule has 2 rings (SSSR count). The fraction of sp³-hybridized carbons (Fsp3) is 0.167. The number of nitrogens with one attached hydrogen (secondary N) is 1. The van der Waals surface area contributed by atoms with Crippen molar-refractivity contribution >= 4 is 6.08 Å². The summed E-state index contributed by atoms with van der Waals surface area (Å²) in [5.74, 6) is 0.706. The summed E-state index contributed by atoms with van der Waals surface area (Å²) in [7, 11) is 0. The van der Waals surface area contributed by atoms with Crippen LogP contribution in [0.2, 0.25) is 0 Å². The summed E-state index contributed by atoms with van der Waals surface area (Å²) in [5, 5.41) is 0. The number of imidazole rings is 1. The van der Waals surface area contributed by atoms with Gasteiger partial charge in [-0.1, -0.05) is 0 Å². The second kappa shape index (κ2) is 1.62. The van der Waals surface area contributed by atoms with Crippen LogP contribution >= 0.6 is 0 Å². The lowest BCUT2D eigenvalue weighted by Gasteiger charge is -2.03. The van der Waals surface area contributed by atoms with Gasteiger partial charge in [0.25, 0.3) is 0 Å². The van der Waals surface area contributed by atoms with Gasteiger partial charge in [0.15, 0.2) is 0 Å². The van der Waals surface area contributed by atoms with Gasteiger partial charge in [-0.15, -0.1) is 0 Å². The molecule has 3 nitrogen and oxygen atoms in total. The molecule has 0 saturated heterocycles. The maximum atomic E-state index is 5.13. The van der Waals surface area contributed by atoms with Gasteiger partial charge in [0.2, 0.25) is 5.88 Å². The van der Waals surface area contributed by atoms with Crippen LogP contribution in [0.3, 0.4) is 0 Å². The van der Waals surface area contributed by atoms with E-state index in [1.807, 2.05) is 12.2 Å². The molecule has 0 aliphatic carbocycles. The fourth-order valence-corrected chi connectivity index (χ4v) is 0.819. The number of rotatable bonds is 0. The Morgan fingerprint density at radius 3 is 3.56 bits per heavy atom. The van der Waals surface area contributed by atoms with Crippen molar-refractivity contribution in [3.8, 4) is 5.88 Å². The summed E-state index contributed by atoms with van der Waals surface area (Å²) >= 11 is 0. The standard InChI is InChI=1S/C6H6N2O/c1-2-5-6(9-3-1)8-4-7-5/h1-2,4H,3H2,(H,7,8). The predicted molar refractivity (Wildman–Crippen MR) is 33.1 cm³/mol. The third-order valence-corrected chi connectivity index (χ3v) is 1.23. The summed E-state index contributed by atoms with van der Waals surface area (Å²) in [6.07, 6.45) is 5.53. The molecule has 0 atom stereocenters. The first-order chi connectivity index (χ1) is 4.47. The summed E-state index contributed by atoms with van der Waals surface area (Å²) in [5.41, 5.74) is 0.959. The van der Waals surface area contributed by atoms with Gasteiger partial charge in [-0.2, -0.15) is 0 Å². The lowest BCUT2D eigenvalue weighted by Crippen LogP contribution is -1.98. The van der Waals surface area contributed by atoms with E-state index in [1.54, 1.807) is 6.33 Å². The average molecular weight is 122 g/mol. The number of aromatic nitrogens is 2. The maximum Gasteiger partial charge on any atom is 0.239 e. The quantitative estimate of drug-likeness (QED) is 0.553. The minimum atomic E-state index is 0.637.